The Labute approximate surface area is 154 Å². The molecule has 0 aliphatic rings. The van der Waals surface area contributed by atoms with Crippen molar-refractivity contribution >= 4 is 29.2 Å². The molecule has 0 aromatic rings. The third kappa shape index (κ3) is 16.9. The second-order valence-corrected chi connectivity index (χ2v) is 6.92. The van der Waals surface area contributed by atoms with Gasteiger partial charge in [-0.15, -0.1) is 12.6 Å². The summed E-state index contributed by atoms with van der Waals surface area (Å²) in [5.41, 5.74) is 0. The van der Waals surface area contributed by atoms with Crippen molar-refractivity contribution < 1.29 is 16.5 Å². The minimum Gasteiger partial charge on any atom is -0.358 e. The minimum atomic E-state index is 0. The minimum absolute atomic E-state index is 0. The third-order valence-electron chi connectivity index (χ3n) is 3.83. The first kappa shape index (κ1) is 24.0. The molecule has 0 N–H and O–H groups in total. The number of hydrogen-bond acceptors (Lipinski definition) is 1. The Morgan fingerprint density at radius 1 is 0.714 bits per heavy atom. The Bertz CT molecular complexity index is 209. The average Bonchev–Trinajstić information content (AvgIpc) is 2.43. The van der Waals surface area contributed by atoms with Crippen molar-refractivity contribution in [1.82, 2.24) is 4.90 Å². The van der Waals surface area contributed by atoms with Crippen molar-refractivity contribution in [2.24, 2.45) is 0 Å². The fourth-order valence-electron chi connectivity index (χ4n) is 2.47. The van der Waals surface area contributed by atoms with Crippen LogP contribution in [-0.4, -0.2) is 22.3 Å². The quantitative estimate of drug-likeness (QED) is 0.166. The zero-order valence-corrected chi connectivity index (χ0v) is 16.7. The average molecular weight is 376 g/mol. The van der Waals surface area contributed by atoms with Crippen LogP contribution in [0.3, 0.4) is 0 Å². The van der Waals surface area contributed by atoms with Gasteiger partial charge >= 0.3 is 0 Å². The molecule has 0 aromatic carbocycles. The number of thiocarbonyl (C=S) groups is 1. The Balaban J connectivity index is 0. The summed E-state index contributed by atoms with van der Waals surface area (Å²) in [5, 5.41) is 0. The largest absolute Gasteiger partial charge is 0.358 e. The van der Waals surface area contributed by atoms with E-state index in [0.29, 0.717) is 0 Å². The molecule has 0 saturated heterocycles. The van der Waals surface area contributed by atoms with Crippen molar-refractivity contribution in [2.45, 2.75) is 90.9 Å². The van der Waals surface area contributed by atoms with Gasteiger partial charge < -0.3 is 4.90 Å². The van der Waals surface area contributed by atoms with E-state index in [1.807, 2.05) is 0 Å². The maximum Gasteiger partial charge on any atom is 0.133 e. The molecule has 0 fully saturated rings. The van der Waals surface area contributed by atoms with E-state index in [9.17, 15) is 0 Å². The van der Waals surface area contributed by atoms with E-state index in [0.717, 1.165) is 17.4 Å². The van der Waals surface area contributed by atoms with Crippen molar-refractivity contribution in [3.63, 3.8) is 0 Å². The molecule has 0 unspecified atom stereocenters. The maximum absolute atomic E-state index is 5.25. The summed E-state index contributed by atoms with van der Waals surface area (Å²) < 4.78 is 0.784. The molecule has 0 rings (SSSR count). The number of nitrogens with zero attached hydrogens (tertiary/aromatic N) is 1. The molecule has 0 bridgehead atoms. The molecule has 0 amide bonds. The van der Waals surface area contributed by atoms with Gasteiger partial charge in [-0.05, 0) is 12.8 Å². The SMILES string of the molecule is CCCCCCCCN(CCCCCCCC)C(=S)S.[Ni]. The normalized spacial score (nSPS) is 10.2. The van der Waals surface area contributed by atoms with Crippen molar-refractivity contribution in [2.75, 3.05) is 13.1 Å². The second-order valence-electron chi connectivity index (χ2n) is 5.81. The van der Waals surface area contributed by atoms with Gasteiger partial charge in [-0.3, -0.25) is 0 Å². The van der Waals surface area contributed by atoms with Crippen LogP contribution in [0, 0.1) is 0 Å². The van der Waals surface area contributed by atoms with Crippen LogP contribution in [0.1, 0.15) is 90.9 Å². The molecule has 0 saturated carbocycles. The van der Waals surface area contributed by atoms with Crippen LogP contribution >= 0.6 is 24.8 Å². The van der Waals surface area contributed by atoms with Gasteiger partial charge in [0.25, 0.3) is 0 Å². The Hall–Kier alpha value is 0.734. The van der Waals surface area contributed by atoms with Gasteiger partial charge in [0.1, 0.15) is 4.32 Å². The molecular weight excluding hydrogens is 341 g/mol. The third-order valence-corrected chi connectivity index (χ3v) is 4.37. The van der Waals surface area contributed by atoms with Crippen molar-refractivity contribution in [3.8, 4) is 0 Å². The van der Waals surface area contributed by atoms with E-state index in [-0.39, 0.29) is 16.5 Å². The molecule has 130 valence electrons. The fourth-order valence-corrected chi connectivity index (χ4v) is 2.85. The van der Waals surface area contributed by atoms with E-state index in [1.54, 1.807) is 0 Å². The van der Waals surface area contributed by atoms with Crippen LogP contribution in [0.5, 0.6) is 0 Å². The molecule has 0 spiro atoms. The molecule has 0 atom stereocenters. The fraction of sp³-hybridized carbons (Fsp3) is 0.941. The Kier molecular flexibility index (Phi) is 21.5. The summed E-state index contributed by atoms with van der Waals surface area (Å²) in [4.78, 5) is 2.29. The summed E-state index contributed by atoms with van der Waals surface area (Å²) >= 11 is 9.61. The van der Waals surface area contributed by atoms with E-state index < -0.39 is 0 Å². The van der Waals surface area contributed by atoms with Crippen LogP contribution in [0.15, 0.2) is 0 Å². The van der Waals surface area contributed by atoms with E-state index in [2.05, 4.69) is 31.4 Å². The predicted molar refractivity (Wildman–Crippen MR) is 99.9 cm³/mol. The standard InChI is InChI=1S/C17H35NS2.Ni/c1-3-5-7-9-11-13-15-18(17(19)20)16-14-12-10-8-6-4-2;/h3-16H2,1-2H3,(H,19,20);. The van der Waals surface area contributed by atoms with Crippen LogP contribution in [0.2, 0.25) is 0 Å². The number of unbranched alkanes of at least 4 members (excludes halogenated alkanes) is 10. The smallest absolute Gasteiger partial charge is 0.133 e. The van der Waals surface area contributed by atoms with Gasteiger partial charge in [0, 0.05) is 29.6 Å². The van der Waals surface area contributed by atoms with E-state index in [1.165, 1.54) is 77.0 Å². The first-order valence-corrected chi connectivity index (χ1v) is 9.55. The van der Waals surface area contributed by atoms with Gasteiger partial charge in [-0.2, -0.15) is 0 Å². The Morgan fingerprint density at radius 2 is 1.05 bits per heavy atom. The molecule has 4 heteroatoms. The first-order valence-electron chi connectivity index (χ1n) is 8.70. The molecule has 0 radical (unpaired) electrons. The molecule has 1 nitrogen and oxygen atoms in total. The van der Waals surface area contributed by atoms with Gasteiger partial charge in [-0.1, -0.05) is 90.3 Å². The summed E-state index contributed by atoms with van der Waals surface area (Å²) in [6.45, 7) is 6.73. The molecule has 0 aliphatic carbocycles. The topological polar surface area (TPSA) is 3.24 Å². The molecule has 0 aromatic heterocycles. The van der Waals surface area contributed by atoms with Crippen LogP contribution in [0.25, 0.3) is 0 Å². The monoisotopic (exact) mass is 375 g/mol. The first-order chi connectivity index (χ1) is 9.72. The van der Waals surface area contributed by atoms with E-state index >= 15 is 0 Å². The van der Waals surface area contributed by atoms with Gasteiger partial charge in [0.15, 0.2) is 0 Å². The molecule has 21 heavy (non-hydrogen) atoms. The van der Waals surface area contributed by atoms with Gasteiger partial charge in [0.05, 0.1) is 0 Å². The number of rotatable bonds is 14. The van der Waals surface area contributed by atoms with Crippen LogP contribution in [0.4, 0.5) is 0 Å². The predicted octanol–water partition coefficient (Wildman–Crippen LogP) is 6.22. The van der Waals surface area contributed by atoms with E-state index in [4.69, 9.17) is 12.2 Å². The molecule has 0 aliphatic heterocycles. The summed E-state index contributed by atoms with van der Waals surface area (Å²) in [6.07, 6.45) is 16.1. The molecular formula is C17H35NNiS2. The summed E-state index contributed by atoms with van der Waals surface area (Å²) in [6, 6.07) is 0. The van der Waals surface area contributed by atoms with Crippen molar-refractivity contribution in [1.29, 1.82) is 0 Å². The van der Waals surface area contributed by atoms with Gasteiger partial charge in [-0.25, -0.2) is 0 Å². The summed E-state index contributed by atoms with van der Waals surface area (Å²) in [5.74, 6) is 0. The Morgan fingerprint density at radius 3 is 1.38 bits per heavy atom. The summed E-state index contributed by atoms with van der Waals surface area (Å²) in [7, 11) is 0. The molecule has 0 heterocycles. The maximum atomic E-state index is 5.25. The zero-order chi connectivity index (χ0) is 15.1. The van der Waals surface area contributed by atoms with Gasteiger partial charge in [0.2, 0.25) is 0 Å². The van der Waals surface area contributed by atoms with Crippen molar-refractivity contribution in [3.05, 3.63) is 0 Å². The second kappa shape index (κ2) is 18.8. The van der Waals surface area contributed by atoms with Crippen LogP contribution < -0.4 is 0 Å². The zero-order valence-electron chi connectivity index (χ0n) is 14.0. The van der Waals surface area contributed by atoms with Crippen LogP contribution in [-0.2, 0) is 16.5 Å². The number of thiol groups is 1. The number of hydrogen-bond donors (Lipinski definition) is 1.